The van der Waals surface area contributed by atoms with Crippen molar-refractivity contribution in [3.8, 4) is 0 Å². The van der Waals surface area contributed by atoms with Gasteiger partial charge in [0.15, 0.2) is 0 Å². The zero-order valence-electron chi connectivity index (χ0n) is 16.0. The molecule has 5 heteroatoms. The number of hydrogen-bond acceptors (Lipinski definition) is 3. The summed E-state index contributed by atoms with van der Waals surface area (Å²) in [6, 6.07) is 26.1. The molecule has 0 saturated carbocycles. The SMILES string of the molecule is CN(C(=O)CNc1cccc(C(=O)N(C)c2ccccc2)c1)c1ccccc1. The van der Waals surface area contributed by atoms with Gasteiger partial charge >= 0.3 is 0 Å². The lowest BCUT2D eigenvalue weighted by molar-refractivity contribution is -0.116. The fraction of sp³-hybridized carbons (Fsp3) is 0.130. The number of anilines is 3. The highest BCUT2D eigenvalue weighted by molar-refractivity contribution is 6.06. The highest BCUT2D eigenvalue weighted by Gasteiger charge is 2.14. The van der Waals surface area contributed by atoms with Crippen LogP contribution >= 0.6 is 0 Å². The lowest BCUT2D eigenvalue weighted by atomic mass is 10.1. The molecule has 0 aliphatic heterocycles. The van der Waals surface area contributed by atoms with Crippen LogP contribution < -0.4 is 15.1 Å². The maximum atomic E-state index is 12.8. The second-order valence-electron chi connectivity index (χ2n) is 6.42. The molecule has 0 bridgehead atoms. The van der Waals surface area contributed by atoms with Crippen molar-refractivity contribution in [3.05, 3.63) is 90.5 Å². The highest BCUT2D eigenvalue weighted by Crippen LogP contribution is 2.18. The van der Waals surface area contributed by atoms with E-state index in [-0.39, 0.29) is 18.4 Å². The van der Waals surface area contributed by atoms with E-state index in [0.29, 0.717) is 5.56 Å². The largest absolute Gasteiger partial charge is 0.376 e. The summed E-state index contributed by atoms with van der Waals surface area (Å²) in [4.78, 5) is 28.4. The van der Waals surface area contributed by atoms with E-state index in [1.165, 1.54) is 0 Å². The van der Waals surface area contributed by atoms with E-state index in [4.69, 9.17) is 0 Å². The fourth-order valence-corrected chi connectivity index (χ4v) is 2.82. The zero-order chi connectivity index (χ0) is 19.9. The van der Waals surface area contributed by atoms with Gasteiger partial charge in [0, 0.05) is 36.7 Å². The molecule has 28 heavy (non-hydrogen) atoms. The van der Waals surface area contributed by atoms with Crippen LogP contribution in [0.2, 0.25) is 0 Å². The molecular formula is C23H23N3O2. The molecule has 0 fully saturated rings. The molecule has 0 aromatic heterocycles. The molecule has 142 valence electrons. The van der Waals surface area contributed by atoms with Crippen molar-refractivity contribution in [2.75, 3.05) is 35.8 Å². The van der Waals surface area contributed by atoms with Gasteiger partial charge in [-0.25, -0.2) is 0 Å². The summed E-state index contributed by atoms with van der Waals surface area (Å²) in [6.07, 6.45) is 0. The van der Waals surface area contributed by atoms with E-state index in [9.17, 15) is 9.59 Å². The molecule has 0 radical (unpaired) electrons. The molecule has 0 unspecified atom stereocenters. The van der Waals surface area contributed by atoms with Crippen LogP contribution in [0, 0.1) is 0 Å². The number of amides is 2. The van der Waals surface area contributed by atoms with Crippen LogP contribution in [0.5, 0.6) is 0 Å². The first kappa shape index (κ1) is 19.2. The number of nitrogens with zero attached hydrogens (tertiary/aromatic N) is 2. The first-order valence-corrected chi connectivity index (χ1v) is 9.05. The fourth-order valence-electron chi connectivity index (χ4n) is 2.82. The highest BCUT2D eigenvalue weighted by atomic mass is 16.2. The minimum atomic E-state index is -0.109. The molecule has 0 spiro atoms. The van der Waals surface area contributed by atoms with Gasteiger partial charge in [-0.05, 0) is 42.5 Å². The van der Waals surface area contributed by atoms with Crippen molar-refractivity contribution in [3.63, 3.8) is 0 Å². The molecule has 3 aromatic carbocycles. The standard InChI is InChI=1S/C23H23N3O2/c1-25(20-12-5-3-6-13-20)22(27)17-24-19-11-9-10-18(16-19)23(28)26(2)21-14-7-4-8-15-21/h3-16,24H,17H2,1-2H3. The number of para-hydroxylation sites is 2. The maximum Gasteiger partial charge on any atom is 0.258 e. The molecule has 0 atom stereocenters. The van der Waals surface area contributed by atoms with Crippen LogP contribution in [-0.4, -0.2) is 32.5 Å². The van der Waals surface area contributed by atoms with Gasteiger partial charge in [-0.1, -0.05) is 42.5 Å². The minimum Gasteiger partial charge on any atom is -0.376 e. The van der Waals surface area contributed by atoms with Crippen molar-refractivity contribution in [1.82, 2.24) is 0 Å². The summed E-state index contributed by atoms with van der Waals surface area (Å²) in [5.74, 6) is -0.174. The molecule has 3 rings (SSSR count). The Morgan fingerprint density at radius 2 is 1.32 bits per heavy atom. The van der Waals surface area contributed by atoms with E-state index in [2.05, 4.69) is 5.32 Å². The normalized spacial score (nSPS) is 10.2. The Hall–Kier alpha value is -3.60. The third-order valence-electron chi connectivity index (χ3n) is 4.52. The Kier molecular flexibility index (Phi) is 6.07. The molecule has 3 aromatic rings. The Balaban J connectivity index is 1.65. The van der Waals surface area contributed by atoms with Gasteiger partial charge in [-0.3, -0.25) is 9.59 Å². The summed E-state index contributed by atoms with van der Waals surface area (Å²) >= 11 is 0. The van der Waals surface area contributed by atoms with Gasteiger partial charge in [0.2, 0.25) is 5.91 Å². The van der Waals surface area contributed by atoms with Gasteiger partial charge in [-0.15, -0.1) is 0 Å². The number of carbonyl (C=O) groups excluding carboxylic acids is 2. The monoisotopic (exact) mass is 373 g/mol. The lowest BCUT2D eigenvalue weighted by Crippen LogP contribution is -2.32. The number of rotatable bonds is 6. The van der Waals surface area contributed by atoms with Crippen LogP contribution in [-0.2, 0) is 4.79 Å². The quantitative estimate of drug-likeness (QED) is 0.710. The van der Waals surface area contributed by atoms with Crippen LogP contribution in [0.15, 0.2) is 84.9 Å². The number of benzene rings is 3. The van der Waals surface area contributed by atoms with Gasteiger partial charge in [0.25, 0.3) is 5.91 Å². The van der Waals surface area contributed by atoms with Crippen molar-refractivity contribution in [1.29, 1.82) is 0 Å². The number of hydrogen-bond donors (Lipinski definition) is 1. The Morgan fingerprint density at radius 1 is 0.750 bits per heavy atom. The predicted octanol–water partition coefficient (Wildman–Crippen LogP) is 4.04. The average molecular weight is 373 g/mol. The average Bonchev–Trinajstić information content (AvgIpc) is 2.77. The summed E-state index contributed by atoms with van der Waals surface area (Å²) < 4.78 is 0. The first-order valence-electron chi connectivity index (χ1n) is 9.05. The Morgan fingerprint density at radius 3 is 1.93 bits per heavy atom. The summed E-state index contributed by atoms with van der Waals surface area (Å²) in [6.45, 7) is 0.136. The summed E-state index contributed by atoms with van der Waals surface area (Å²) in [5.41, 5.74) is 2.94. The topological polar surface area (TPSA) is 52.7 Å². The third-order valence-corrected chi connectivity index (χ3v) is 4.52. The first-order chi connectivity index (χ1) is 13.6. The third kappa shape index (κ3) is 4.57. The van der Waals surface area contributed by atoms with Crippen LogP contribution in [0.25, 0.3) is 0 Å². The van der Waals surface area contributed by atoms with Gasteiger partial charge in [0.05, 0.1) is 6.54 Å². The van der Waals surface area contributed by atoms with E-state index in [1.54, 1.807) is 42.1 Å². The molecule has 0 saturated heterocycles. The summed E-state index contributed by atoms with van der Waals surface area (Å²) in [7, 11) is 3.49. The van der Waals surface area contributed by atoms with Crippen molar-refractivity contribution >= 4 is 28.9 Å². The smallest absolute Gasteiger partial charge is 0.258 e. The number of carbonyl (C=O) groups is 2. The number of likely N-dealkylation sites (N-methyl/N-ethyl adjacent to an activating group) is 1. The second kappa shape index (κ2) is 8.86. The van der Waals surface area contributed by atoms with Crippen LogP contribution in [0.4, 0.5) is 17.1 Å². The molecule has 0 aliphatic carbocycles. The molecule has 5 nitrogen and oxygen atoms in total. The Labute approximate surface area is 165 Å². The summed E-state index contributed by atoms with van der Waals surface area (Å²) in [5, 5.41) is 3.11. The Bertz CT molecular complexity index is 942. The molecule has 2 amide bonds. The zero-order valence-corrected chi connectivity index (χ0v) is 16.0. The molecular weight excluding hydrogens is 350 g/mol. The second-order valence-corrected chi connectivity index (χ2v) is 6.42. The molecule has 0 aliphatic rings. The van der Waals surface area contributed by atoms with Gasteiger partial charge in [-0.2, -0.15) is 0 Å². The predicted molar refractivity (Wildman–Crippen MR) is 114 cm³/mol. The van der Waals surface area contributed by atoms with Crippen molar-refractivity contribution in [2.24, 2.45) is 0 Å². The van der Waals surface area contributed by atoms with Crippen molar-refractivity contribution in [2.45, 2.75) is 0 Å². The van der Waals surface area contributed by atoms with Gasteiger partial charge in [0.1, 0.15) is 0 Å². The van der Waals surface area contributed by atoms with Crippen LogP contribution in [0.3, 0.4) is 0 Å². The number of nitrogens with one attached hydrogen (secondary N) is 1. The molecule has 0 heterocycles. The van der Waals surface area contributed by atoms with Crippen LogP contribution in [0.1, 0.15) is 10.4 Å². The van der Waals surface area contributed by atoms with Crippen molar-refractivity contribution < 1.29 is 9.59 Å². The van der Waals surface area contributed by atoms with E-state index in [0.717, 1.165) is 17.1 Å². The lowest BCUT2D eigenvalue weighted by Gasteiger charge is -2.19. The van der Waals surface area contributed by atoms with E-state index >= 15 is 0 Å². The van der Waals surface area contributed by atoms with E-state index < -0.39 is 0 Å². The van der Waals surface area contributed by atoms with Gasteiger partial charge < -0.3 is 15.1 Å². The minimum absolute atomic E-state index is 0.0654. The molecule has 1 N–H and O–H groups in total. The van der Waals surface area contributed by atoms with E-state index in [1.807, 2.05) is 66.7 Å². The maximum absolute atomic E-state index is 12.8.